The molecular formula is C12H6Cl2N2O2. The van der Waals surface area contributed by atoms with Gasteiger partial charge in [0.1, 0.15) is 11.4 Å². The molecule has 2 aromatic heterocycles. The molecule has 0 spiro atoms. The van der Waals surface area contributed by atoms with E-state index in [1.165, 1.54) is 24.5 Å². The van der Waals surface area contributed by atoms with Crippen molar-refractivity contribution < 1.29 is 9.59 Å². The van der Waals surface area contributed by atoms with E-state index in [0.29, 0.717) is 0 Å². The van der Waals surface area contributed by atoms with Crippen molar-refractivity contribution in [2.45, 2.75) is 0 Å². The Morgan fingerprint density at radius 2 is 1.17 bits per heavy atom. The summed E-state index contributed by atoms with van der Waals surface area (Å²) < 4.78 is 0. The molecule has 0 aliphatic rings. The molecular weight excluding hydrogens is 275 g/mol. The second kappa shape index (κ2) is 5.25. The number of carbonyl (C=O) groups excluding carboxylic acids is 2. The van der Waals surface area contributed by atoms with Crippen molar-refractivity contribution in [1.29, 1.82) is 0 Å². The maximum absolute atomic E-state index is 10.9. The van der Waals surface area contributed by atoms with E-state index in [0.717, 1.165) is 11.1 Å². The Kier molecular flexibility index (Phi) is 3.69. The van der Waals surface area contributed by atoms with Crippen molar-refractivity contribution in [1.82, 2.24) is 9.97 Å². The summed E-state index contributed by atoms with van der Waals surface area (Å²) in [6.45, 7) is 0. The SMILES string of the molecule is O=C(Cl)c1ccc(-c2ccc(C(=O)Cl)nc2)cn1. The van der Waals surface area contributed by atoms with Gasteiger partial charge in [0, 0.05) is 23.5 Å². The third kappa shape index (κ3) is 2.72. The van der Waals surface area contributed by atoms with Crippen molar-refractivity contribution in [2.75, 3.05) is 0 Å². The first-order valence-electron chi connectivity index (χ1n) is 4.90. The van der Waals surface area contributed by atoms with Crippen LogP contribution in [0, 0.1) is 0 Å². The van der Waals surface area contributed by atoms with Crippen LogP contribution in [-0.2, 0) is 0 Å². The molecule has 6 heteroatoms. The summed E-state index contributed by atoms with van der Waals surface area (Å²) in [5, 5.41) is -1.22. The monoisotopic (exact) mass is 280 g/mol. The Hall–Kier alpha value is -1.78. The predicted molar refractivity (Wildman–Crippen MR) is 67.8 cm³/mol. The van der Waals surface area contributed by atoms with Crippen molar-refractivity contribution in [3.05, 3.63) is 48.0 Å². The van der Waals surface area contributed by atoms with Gasteiger partial charge in [-0.05, 0) is 35.3 Å². The number of rotatable bonds is 3. The fourth-order valence-corrected chi connectivity index (χ4v) is 1.59. The Bertz CT molecular complexity index is 539. The zero-order valence-corrected chi connectivity index (χ0v) is 10.4. The minimum absolute atomic E-state index is 0.181. The zero-order chi connectivity index (χ0) is 13.1. The number of aromatic nitrogens is 2. The average molecular weight is 281 g/mol. The summed E-state index contributed by atoms with van der Waals surface area (Å²) in [4.78, 5) is 29.5. The highest BCUT2D eigenvalue weighted by molar-refractivity contribution is 6.67. The molecule has 0 amide bonds. The van der Waals surface area contributed by atoms with Gasteiger partial charge in [-0.3, -0.25) is 19.6 Å². The summed E-state index contributed by atoms with van der Waals surface area (Å²) in [6.07, 6.45) is 3.02. The molecule has 2 aromatic rings. The second-order valence-electron chi connectivity index (χ2n) is 3.41. The lowest BCUT2D eigenvalue weighted by Crippen LogP contribution is -1.95. The molecule has 0 radical (unpaired) electrons. The van der Waals surface area contributed by atoms with Crippen LogP contribution in [0.1, 0.15) is 21.0 Å². The molecule has 4 nitrogen and oxygen atoms in total. The van der Waals surface area contributed by atoms with Gasteiger partial charge in [0.05, 0.1) is 0 Å². The summed E-state index contributed by atoms with van der Waals surface area (Å²) in [6, 6.07) is 6.43. The van der Waals surface area contributed by atoms with Crippen molar-refractivity contribution in [2.24, 2.45) is 0 Å². The molecule has 0 saturated carbocycles. The zero-order valence-electron chi connectivity index (χ0n) is 8.93. The van der Waals surface area contributed by atoms with Gasteiger partial charge in [-0.1, -0.05) is 12.1 Å². The van der Waals surface area contributed by atoms with Crippen LogP contribution >= 0.6 is 23.2 Å². The lowest BCUT2D eigenvalue weighted by atomic mass is 10.1. The van der Waals surface area contributed by atoms with Crippen molar-refractivity contribution in [3.8, 4) is 11.1 Å². The fourth-order valence-electron chi connectivity index (χ4n) is 1.36. The summed E-state index contributed by atoms with van der Waals surface area (Å²) >= 11 is 10.6. The van der Waals surface area contributed by atoms with Crippen LogP contribution in [-0.4, -0.2) is 20.5 Å². The molecule has 2 rings (SSSR count). The Morgan fingerprint density at radius 1 is 0.778 bits per heavy atom. The van der Waals surface area contributed by atoms with Crippen LogP contribution in [0.25, 0.3) is 11.1 Å². The van der Waals surface area contributed by atoms with Crippen LogP contribution in [0.3, 0.4) is 0 Å². The van der Waals surface area contributed by atoms with Crippen LogP contribution < -0.4 is 0 Å². The average Bonchev–Trinajstić information content (AvgIpc) is 2.39. The van der Waals surface area contributed by atoms with E-state index in [1.807, 2.05) is 0 Å². The topological polar surface area (TPSA) is 59.9 Å². The quantitative estimate of drug-likeness (QED) is 0.811. The maximum atomic E-state index is 10.9. The van der Waals surface area contributed by atoms with Crippen LogP contribution in [0.15, 0.2) is 36.7 Å². The van der Waals surface area contributed by atoms with Crippen LogP contribution in [0.4, 0.5) is 0 Å². The highest BCUT2D eigenvalue weighted by atomic mass is 35.5. The number of hydrogen-bond donors (Lipinski definition) is 0. The molecule has 0 unspecified atom stereocenters. The largest absolute Gasteiger partial charge is 0.274 e. The van der Waals surface area contributed by atoms with Gasteiger partial charge in [-0.25, -0.2) is 0 Å². The number of carbonyl (C=O) groups is 2. The van der Waals surface area contributed by atoms with E-state index < -0.39 is 10.5 Å². The van der Waals surface area contributed by atoms with Crippen molar-refractivity contribution >= 4 is 33.7 Å². The van der Waals surface area contributed by atoms with E-state index in [4.69, 9.17) is 23.2 Å². The number of pyridine rings is 2. The molecule has 18 heavy (non-hydrogen) atoms. The van der Waals surface area contributed by atoms with Gasteiger partial charge < -0.3 is 0 Å². The summed E-state index contributed by atoms with van der Waals surface area (Å²) in [7, 11) is 0. The Labute approximate surface area is 113 Å². The Balaban J connectivity index is 2.31. The van der Waals surface area contributed by atoms with Gasteiger partial charge >= 0.3 is 0 Å². The first kappa shape index (κ1) is 12.7. The van der Waals surface area contributed by atoms with E-state index in [1.54, 1.807) is 12.1 Å². The summed E-state index contributed by atoms with van der Waals surface area (Å²) in [5.41, 5.74) is 1.89. The summed E-state index contributed by atoms with van der Waals surface area (Å²) in [5.74, 6) is 0. The molecule has 0 atom stereocenters. The van der Waals surface area contributed by atoms with Crippen LogP contribution in [0.2, 0.25) is 0 Å². The number of halogens is 2. The second-order valence-corrected chi connectivity index (χ2v) is 4.10. The first-order chi connectivity index (χ1) is 8.58. The molecule has 0 fully saturated rings. The normalized spacial score (nSPS) is 10.1. The highest BCUT2D eigenvalue weighted by Crippen LogP contribution is 2.18. The fraction of sp³-hybridized carbons (Fsp3) is 0. The molecule has 90 valence electrons. The Morgan fingerprint density at radius 3 is 1.39 bits per heavy atom. The first-order valence-corrected chi connectivity index (χ1v) is 5.65. The minimum atomic E-state index is -0.609. The molecule has 0 aliphatic heterocycles. The number of hydrogen-bond acceptors (Lipinski definition) is 4. The van der Waals surface area contributed by atoms with E-state index >= 15 is 0 Å². The molecule has 0 bridgehead atoms. The number of nitrogens with zero attached hydrogens (tertiary/aromatic N) is 2. The lowest BCUT2D eigenvalue weighted by Gasteiger charge is -2.01. The lowest BCUT2D eigenvalue weighted by molar-refractivity contribution is 0.106. The minimum Gasteiger partial charge on any atom is -0.274 e. The highest BCUT2D eigenvalue weighted by Gasteiger charge is 2.06. The molecule has 0 N–H and O–H groups in total. The van der Waals surface area contributed by atoms with E-state index in [-0.39, 0.29) is 11.4 Å². The third-order valence-corrected chi connectivity index (χ3v) is 2.65. The molecule has 2 heterocycles. The van der Waals surface area contributed by atoms with Gasteiger partial charge in [-0.15, -0.1) is 0 Å². The standard InChI is InChI=1S/C12H6Cl2N2O2/c13-11(17)9-3-1-7(5-15-9)8-2-4-10(12(14)18)16-6-8/h1-6H. The molecule has 0 saturated heterocycles. The predicted octanol–water partition coefficient (Wildman–Crippen LogP) is 2.90. The third-order valence-electron chi connectivity index (χ3n) is 2.26. The van der Waals surface area contributed by atoms with Gasteiger partial charge in [0.25, 0.3) is 10.5 Å². The van der Waals surface area contributed by atoms with Gasteiger partial charge in [0.2, 0.25) is 0 Å². The van der Waals surface area contributed by atoms with Crippen LogP contribution in [0.5, 0.6) is 0 Å². The smallest absolute Gasteiger partial charge is 0.270 e. The molecule has 0 aromatic carbocycles. The van der Waals surface area contributed by atoms with Gasteiger partial charge in [-0.2, -0.15) is 0 Å². The van der Waals surface area contributed by atoms with Crippen molar-refractivity contribution in [3.63, 3.8) is 0 Å². The van der Waals surface area contributed by atoms with Gasteiger partial charge in [0.15, 0.2) is 0 Å². The van der Waals surface area contributed by atoms with E-state index in [2.05, 4.69) is 9.97 Å². The molecule has 0 aliphatic carbocycles. The van der Waals surface area contributed by atoms with E-state index in [9.17, 15) is 9.59 Å². The maximum Gasteiger partial charge on any atom is 0.270 e.